The Morgan fingerprint density at radius 1 is 0.640 bits per heavy atom. The van der Waals surface area contributed by atoms with Crippen LogP contribution in [0.5, 0.6) is 0 Å². The molecule has 0 bridgehead atoms. The van der Waals surface area contributed by atoms with Crippen LogP contribution >= 0.6 is 22.7 Å². The number of hydrogen-bond acceptors (Lipinski definition) is 17. The van der Waals surface area contributed by atoms with Crippen LogP contribution in [-0.2, 0) is 35.2 Å². The molecule has 2 aliphatic rings. The van der Waals surface area contributed by atoms with Crippen molar-refractivity contribution < 1.29 is 33.8 Å². The van der Waals surface area contributed by atoms with E-state index in [4.69, 9.17) is 36.4 Å². The van der Waals surface area contributed by atoms with E-state index in [0.717, 1.165) is 99.2 Å². The highest BCUT2D eigenvalue weighted by Crippen LogP contribution is 2.42. The Balaban J connectivity index is 0.000000265. The summed E-state index contributed by atoms with van der Waals surface area (Å²) < 4.78 is 15.4. The van der Waals surface area contributed by atoms with Crippen LogP contribution in [0.25, 0.3) is 16.1 Å². The molecule has 5 N–H and O–H groups in total. The Morgan fingerprint density at radius 3 is 1.48 bits per heavy atom. The molecule has 6 aromatic rings. The number of esters is 2. The number of aliphatic imine (C=N–C) groups is 2. The molecule has 0 fully saturated rings. The minimum Gasteiger partial charge on any atom is -0.460 e. The maximum atomic E-state index is 12.9. The zero-order valence-electron chi connectivity index (χ0n) is 45.0. The number of aryl methyl sites for hydroxylation is 5. The summed E-state index contributed by atoms with van der Waals surface area (Å²) in [6.45, 7) is 24.6. The second kappa shape index (κ2) is 26.1. The molecule has 0 spiro atoms. The Hall–Kier alpha value is -6.06. The van der Waals surface area contributed by atoms with Gasteiger partial charge in [-0.25, -0.2) is 11.8 Å². The van der Waals surface area contributed by atoms with Gasteiger partial charge in [0.15, 0.2) is 11.6 Å². The van der Waals surface area contributed by atoms with Crippen LogP contribution in [-0.4, -0.2) is 89.5 Å². The first-order chi connectivity index (χ1) is 35.2. The Kier molecular flexibility index (Phi) is 20.8. The Bertz CT molecular complexity index is 2990. The highest BCUT2D eigenvalue weighted by Gasteiger charge is 2.35. The van der Waals surface area contributed by atoms with Gasteiger partial charge in [0.25, 0.3) is 0 Å². The number of aromatic nitrogens is 6. The molecule has 0 aliphatic carbocycles. The third-order valence-corrected chi connectivity index (χ3v) is 14.5. The lowest BCUT2D eigenvalue weighted by molar-refractivity contribution is -0.156. The van der Waals surface area contributed by atoms with Gasteiger partial charge in [0, 0.05) is 39.1 Å². The standard InChI is InChI=1S/C27H35N5O3S.C27H33N5O3S.CH4O.CH4/c2*1-16-17(2)36-26-23(16)24(20-12-10-19(11-13-20)9-7-8-14-34-28)29-21(15-22(33)35-27(4,5)6)25-31-30-18(3)32(25)26;1-2;/h10-13,21H,7-9,14-15,28H2,1-6H3;7,9-13,21H,8,14-15,28H2,1-6H3;2H,1H3;1H4/b;9-7+;;/t2*21-;;/m00../s1. The fraction of sp³-hybridized carbons (Fsp3) is 0.464. The number of hydrogen-bond donors (Lipinski definition) is 3. The van der Waals surface area contributed by atoms with Crippen LogP contribution in [0, 0.1) is 41.5 Å². The van der Waals surface area contributed by atoms with E-state index in [1.165, 1.54) is 20.9 Å². The van der Waals surface area contributed by atoms with Crippen molar-refractivity contribution in [2.45, 2.75) is 152 Å². The van der Waals surface area contributed by atoms with E-state index in [-0.39, 0.29) is 32.2 Å². The van der Waals surface area contributed by atoms with E-state index >= 15 is 0 Å². The third-order valence-electron chi connectivity index (χ3n) is 12.1. The molecule has 2 aliphatic heterocycles. The molecule has 2 atom stereocenters. The van der Waals surface area contributed by atoms with Crippen molar-refractivity contribution in [3.05, 3.63) is 132 Å². The van der Waals surface area contributed by atoms with Crippen molar-refractivity contribution in [3.8, 4) is 10.0 Å². The molecule has 17 nitrogen and oxygen atoms in total. The molecule has 4 aromatic heterocycles. The lowest BCUT2D eigenvalue weighted by atomic mass is 9.97. The Morgan fingerprint density at radius 2 is 1.07 bits per heavy atom. The predicted molar refractivity (Wildman–Crippen MR) is 299 cm³/mol. The number of unbranched alkanes of at least 4 members (excludes halogenated alkanes) is 1. The van der Waals surface area contributed by atoms with Gasteiger partial charge in [-0.05, 0) is 131 Å². The molecular weight excluding hydrogens is 989 g/mol. The largest absolute Gasteiger partial charge is 0.460 e. The van der Waals surface area contributed by atoms with Crippen molar-refractivity contribution in [2.75, 3.05) is 20.3 Å². The summed E-state index contributed by atoms with van der Waals surface area (Å²) in [4.78, 5) is 47.7. The molecule has 8 rings (SSSR count). The number of nitrogens with zero attached hydrogens (tertiary/aromatic N) is 8. The number of thiophene rings is 2. The molecule has 19 heteroatoms. The van der Waals surface area contributed by atoms with Crippen molar-refractivity contribution in [3.63, 3.8) is 0 Å². The summed E-state index contributed by atoms with van der Waals surface area (Å²) in [5.74, 6) is 12.4. The maximum absolute atomic E-state index is 12.9. The molecule has 0 unspecified atom stereocenters. The normalized spacial score (nSPS) is 14.8. The van der Waals surface area contributed by atoms with Crippen LogP contribution < -0.4 is 11.8 Å². The zero-order chi connectivity index (χ0) is 54.1. The monoisotopic (exact) mass is 1060 g/mol. The lowest BCUT2D eigenvalue weighted by Gasteiger charge is -2.21. The van der Waals surface area contributed by atoms with Gasteiger partial charge < -0.3 is 24.3 Å². The number of carbonyl (C=O) groups is 2. The fourth-order valence-electron chi connectivity index (χ4n) is 8.58. The highest BCUT2D eigenvalue weighted by atomic mass is 32.1. The summed E-state index contributed by atoms with van der Waals surface area (Å²) >= 11 is 3.40. The van der Waals surface area contributed by atoms with Crippen molar-refractivity contribution in [2.24, 2.45) is 21.8 Å². The third kappa shape index (κ3) is 14.7. The second-order valence-corrected chi connectivity index (χ2v) is 22.5. The number of aliphatic hydroxyl groups excluding tert-OH is 1. The van der Waals surface area contributed by atoms with Crippen molar-refractivity contribution >= 4 is 52.1 Å². The van der Waals surface area contributed by atoms with Crippen molar-refractivity contribution in [1.82, 2.24) is 29.5 Å². The van der Waals surface area contributed by atoms with Crippen LogP contribution in [0.1, 0.15) is 171 Å². The molecular formula is C56H76N10O7S2. The number of ether oxygens (including phenoxy) is 2. The average molecular weight is 1070 g/mol. The SMILES string of the molecule is C.CO.Cc1sc2c(c1C)C(c1ccc(/C=C/CCON)cc1)=N[C@@H](CC(=O)OC(C)(C)C)c1nnc(C)n1-2.Cc1sc2c(c1C)C(c1ccc(CCCCON)cc1)=N[C@@H](CC(=O)OC(C)(C)C)c1nnc(C)n1-2. The highest BCUT2D eigenvalue weighted by molar-refractivity contribution is 7.15. The lowest BCUT2D eigenvalue weighted by Crippen LogP contribution is -2.25. The Labute approximate surface area is 450 Å². The molecule has 0 saturated carbocycles. The summed E-state index contributed by atoms with van der Waals surface area (Å²) in [5.41, 5.74) is 9.34. The number of aliphatic hydroxyl groups is 1. The van der Waals surface area contributed by atoms with Gasteiger partial charge in [-0.15, -0.1) is 43.1 Å². The smallest absolute Gasteiger partial charge is 0.308 e. The maximum Gasteiger partial charge on any atom is 0.308 e. The van der Waals surface area contributed by atoms with Crippen molar-refractivity contribution in [1.29, 1.82) is 0 Å². The van der Waals surface area contributed by atoms with Gasteiger partial charge in [0.1, 0.15) is 44.9 Å². The van der Waals surface area contributed by atoms with Gasteiger partial charge >= 0.3 is 11.9 Å². The average Bonchev–Trinajstić information content (AvgIpc) is 4.04. The van der Waals surface area contributed by atoms with Crippen LogP contribution in [0.2, 0.25) is 0 Å². The number of carbonyl (C=O) groups excluding carboxylic acids is 2. The van der Waals surface area contributed by atoms with Gasteiger partial charge in [-0.1, -0.05) is 68.1 Å². The number of benzene rings is 2. The van der Waals surface area contributed by atoms with Gasteiger partial charge in [0.05, 0.1) is 37.5 Å². The minimum atomic E-state index is -0.579. The second-order valence-electron chi connectivity index (χ2n) is 20.1. The number of rotatable bonds is 15. The number of nitrogens with two attached hydrogens (primary N) is 2. The molecule has 75 heavy (non-hydrogen) atoms. The number of fused-ring (bicyclic) bond motifs is 6. The topological polar surface area (TPSA) is 229 Å². The van der Waals surface area contributed by atoms with E-state index in [2.05, 4.69) is 111 Å². The molecule has 6 heterocycles. The van der Waals surface area contributed by atoms with Crippen LogP contribution in [0.4, 0.5) is 0 Å². The van der Waals surface area contributed by atoms with E-state index in [0.29, 0.717) is 24.9 Å². The first-order valence-corrected chi connectivity index (χ1v) is 26.4. The predicted octanol–water partition coefficient (Wildman–Crippen LogP) is 10.5. The molecule has 2 aromatic carbocycles. The van der Waals surface area contributed by atoms with E-state index in [9.17, 15) is 9.59 Å². The molecule has 0 radical (unpaired) electrons. The van der Waals surface area contributed by atoms with Gasteiger partial charge in [0.2, 0.25) is 0 Å². The van der Waals surface area contributed by atoms with Gasteiger partial charge in [-0.2, -0.15) is 0 Å². The summed E-state index contributed by atoms with van der Waals surface area (Å²) in [7, 11) is 1.00. The zero-order valence-corrected chi connectivity index (χ0v) is 46.7. The summed E-state index contributed by atoms with van der Waals surface area (Å²) in [6, 6.07) is 15.8. The molecule has 0 amide bonds. The van der Waals surface area contributed by atoms with E-state index < -0.39 is 23.3 Å². The summed E-state index contributed by atoms with van der Waals surface area (Å²) in [6.07, 6.45) is 7.87. The minimum absolute atomic E-state index is 0. The first-order valence-electron chi connectivity index (χ1n) is 24.8. The summed E-state index contributed by atoms with van der Waals surface area (Å²) in [5, 5.41) is 26.7. The molecule has 404 valence electrons. The van der Waals surface area contributed by atoms with Crippen LogP contribution in [0.15, 0.2) is 64.6 Å². The van der Waals surface area contributed by atoms with Gasteiger partial charge in [-0.3, -0.25) is 28.7 Å². The van der Waals surface area contributed by atoms with E-state index in [1.54, 1.807) is 22.7 Å². The quantitative estimate of drug-likeness (QED) is 0.0494. The molecule has 0 saturated heterocycles. The van der Waals surface area contributed by atoms with Crippen LogP contribution in [0.3, 0.4) is 0 Å². The van der Waals surface area contributed by atoms with E-state index in [1.807, 2.05) is 72.1 Å². The fourth-order valence-corrected chi connectivity index (χ4v) is 11.0. The first kappa shape index (κ1) is 59.8.